The molecule has 3 unspecified atom stereocenters. The number of hydrogen-bond donors (Lipinski definition) is 1. The van der Waals surface area contributed by atoms with Crippen LogP contribution in [0.3, 0.4) is 0 Å². The molecule has 0 radical (unpaired) electrons. The molecule has 3 atom stereocenters. The van der Waals surface area contributed by atoms with Crippen molar-refractivity contribution in [3.63, 3.8) is 0 Å². The van der Waals surface area contributed by atoms with E-state index in [0.29, 0.717) is 0 Å². The Morgan fingerprint density at radius 1 is 1.00 bits per heavy atom. The van der Waals surface area contributed by atoms with E-state index in [0.717, 1.165) is 28.6 Å². The van der Waals surface area contributed by atoms with Gasteiger partial charge in [0.1, 0.15) is 0 Å². The summed E-state index contributed by atoms with van der Waals surface area (Å²) in [5, 5.41) is 3.66. The predicted molar refractivity (Wildman–Crippen MR) is 124 cm³/mol. The number of aromatic nitrogens is 2. The molecule has 2 aromatic carbocycles. The van der Waals surface area contributed by atoms with Crippen molar-refractivity contribution in [2.75, 3.05) is 17.3 Å². The van der Waals surface area contributed by atoms with Crippen molar-refractivity contribution >= 4 is 17.2 Å². The lowest BCUT2D eigenvalue weighted by molar-refractivity contribution is 0.187. The van der Waals surface area contributed by atoms with Gasteiger partial charge in [0.2, 0.25) is 0 Å². The van der Waals surface area contributed by atoms with Crippen LogP contribution >= 0.6 is 0 Å². The van der Waals surface area contributed by atoms with E-state index in [1.807, 2.05) is 18.3 Å². The largest absolute Gasteiger partial charge is 0.367 e. The summed E-state index contributed by atoms with van der Waals surface area (Å²) < 4.78 is 0. The number of nitrogens with zero attached hydrogens (tertiary/aromatic N) is 3. The molecule has 1 aliphatic carbocycles. The molecule has 0 saturated carbocycles. The first-order valence-corrected chi connectivity index (χ1v) is 10.6. The Hall–Kier alpha value is -3.14. The van der Waals surface area contributed by atoms with Crippen LogP contribution in [-0.2, 0) is 5.41 Å². The Labute approximate surface area is 178 Å². The van der Waals surface area contributed by atoms with Gasteiger partial charge in [0, 0.05) is 35.2 Å². The van der Waals surface area contributed by atoms with Gasteiger partial charge in [-0.05, 0) is 31.0 Å². The highest BCUT2D eigenvalue weighted by Gasteiger charge is 2.54. The first-order chi connectivity index (χ1) is 14.3. The molecule has 1 N–H and O–H groups in total. The molecule has 152 valence electrons. The van der Waals surface area contributed by atoms with Crippen molar-refractivity contribution in [3.8, 4) is 11.4 Å². The van der Waals surface area contributed by atoms with Gasteiger partial charge in [0.25, 0.3) is 0 Å². The number of rotatable bonds is 1. The first kappa shape index (κ1) is 18.9. The number of para-hydroxylation sites is 1. The van der Waals surface area contributed by atoms with E-state index < -0.39 is 0 Å². The van der Waals surface area contributed by atoms with Crippen LogP contribution in [0.25, 0.3) is 11.4 Å². The number of fused-ring (bicyclic) bond motifs is 4. The smallest absolute Gasteiger partial charge is 0.161 e. The molecule has 5 rings (SSSR count). The lowest BCUT2D eigenvalue weighted by atomic mass is 9.51. The number of anilines is 3. The van der Waals surface area contributed by atoms with Gasteiger partial charge in [0.05, 0.1) is 11.9 Å². The lowest BCUT2D eigenvalue weighted by Crippen LogP contribution is -2.56. The summed E-state index contributed by atoms with van der Waals surface area (Å²) >= 11 is 0. The average Bonchev–Trinajstić information content (AvgIpc) is 2.77. The van der Waals surface area contributed by atoms with Crippen molar-refractivity contribution in [2.45, 2.75) is 39.2 Å². The van der Waals surface area contributed by atoms with Crippen LogP contribution in [-0.4, -0.2) is 23.1 Å². The van der Waals surface area contributed by atoms with Gasteiger partial charge in [0.15, 0.2) is 11.6 Å². The molecule has 1 aromatic heterocycles. The van der Waals surface area contributed by atoms with Gasteiger partial charge >= 0.3 is 0 Å². The summed E-state index contributed by atoms with van der Waals surface area (Å²) in [6.07, 6.45) is 6.67. The minimum Gasteiger partial charge on any atom is -0.367 e. The second-order valence-corrected chi connectivity index (χ2v) is 9.02. The van der Waals surface area contributed by atoms with Crippen LogP contribution in [0.5, 0.6) is 0 Å². The summed E-state index contributed by atoms with van der Waals surface area (Å²) in [4.78, 5) is 12.1. The number of allylic oxidation sites excluding steroid dienone is 1. The fraction of sp³-hybridized carbons (Fsp3) is 0.308. The van der Waals surface area contributed by atoms with Crippen LogP contribution in [0.15, 0.2) is 66.9 Å². The third-order valence-corrected chi connectivity index (χ3v) is 7.61. The summed E-state index contributed by atoms with van der Waals surface area (Å²) in [6, 6.07) is 17.1. The normalized spacial score (nSPS) is 26.8. The maximum Gasteiger partial charge on any atom is 0.161 e. The zero-order valence-electron chi connectivity index (χ0n) is 18.3. The Morgan fingerprint density at radius 2 is 1.73 bits per heavy atom. The van der Waals surface area contributed by atoms with Crippen LogP contribution in [0.4, 0.5) is 17.2 Å². The van der Waals surface area contributed by atoms with Gasteiger partial charge < -0.3 is 10.2 Å². The average molecular weight is 397 g/mol. The van der Waals surface area contributed by atoms with E-state index in [4.69, 9.17) is 9.97 Å². The third-order valence-electron chi connectivity index (χ3n) is 7.61. The summed E-state index contributed by atoms with van der Waals surface area (Å²) in [5.41, 5.74) is 5.60. The van der Waals surface area contributed by atoms with Gasteiger partial charge in [-0.2, -0.15) is 0 Å². The Kier molecular flexibility index (Phi) is 4.04. The van der Waals surface area contributed by atoms with Crippen molar-refractivity contribution < 1.29 is 0 Å². The van der Waals surface area contributed by atoms with Gasteiger partial charge in [-0.1, -0.05) is 68.5 Å². The summed E-state index contributed by atoms with van der Waals surface area (Å²) in [5.74, 6) is 1.59. The molecule has 1 aliphatic heterocycles. The zero-order valence-corrected chi connectivity index (χ0v) is 18.3. The highest BCUT2D eigenvalue weighted by atomic mass is 15.2. The molecule has 4 heteroatoms. The molecule has 0 bridgehead atoms. The maximum atomic E-state index is 5.00. The van der Waals surface area contributed by atoms with E-state index in [1.165, 1.54) is 11.1 Å². The molecule has 30 heavy (non-hydrogen) atoms. The molecule has 0 amide bonds. The third kappa shape index (κ3) is 2.46. The van der Waals surface area contributed by atoms with E-state index in [2.05, 4.69) is 93.5 Å². The molecular weight excluding hydrogens is 368 g/mol. The summed E-state index contributed by atoms with van der Waals surface area (Å²) in [7, 11) is 2.15. The molecule has 3 aromatic rings. The maximum absolute atomic E-state index is 5.00. The standard InChI is InChI=1S/C26H28N4/c1-17-10-6-7-11-19(17)23-27-16-22-24(29-23)28-21-13-9-8-12-20(21)26(4)15-14-25(26,3)18(2)30(22)5/h6-16,18H,1-5H3,(H,27,28,29). The molecule has 2 heterocycles. The van der Waals surface area contributed by atoms with Crippen molar-refractivity contribution in [2.24, 2.45) is 5.41 Å². The zero-order chi connectivity index (χ0) is 21.1. The second-order valence-electron chi connectivity index (χ2n) is 9.02. The van der Waals surface area contributed by atoms with Crippen molar-refractivity contribution in [1.82, 2.24) is 9.97 Å². The van der Waals surface area contributed by atoms with E-state index in [9.17, 15) is 0 Å². The van der Waals surface area contributed by atoms with Gasteiger partial charge in [-0.15, -0.1) is 0 Å². The molecule has 0 fully saturated rings. The number of benzene rings is 2. The topological polar surface area (TPSA) is 41.1 Å². The van der Waals surface area contributed by atoms with Gasteiger partial charge in [-0.3, -0.25) is 0 Å². The molecule has 0 spiro atoms. The highest BCUT2D eigenvalue weighted by Crippen LogP contribution is 2.57. The fourth-order valence-electron chi connectivity index (χ4n) is 5.01. The number of nitrogens with one attached hydrogen (secondary N) is 1. The van der Waals surface area contributed by atoms with E-state index in [-0.39, 0.29) is 16.9 Å². The Balaban J connectivity index is 1.73. The number of aryl methyl sites for hydroxylation is 1. The van der Waals surface area contributed by atoms with Crippen LogP contribution in [0, 0.1) is 12.3 Å². The van der Waals surface area contributed by atoms with Crippen molar-refractivity contribution in [1.29, 1.82) is 0 Å². The minimum atomic E-state index is -0.0570. The summed E-state index contributed by atoms with van der Waals surface area (Å²) in [6.45, 7) is 9.11. The molecular formula is C26H28N4. The highest BCUT2D eigenvalue weighted by molar-refractivity contribution is 5.77. The number of hydrogen-bond acceptors (Lipinski definition) is 4. The Bertz CT molecular complexity index is 1170. The first-order valence-electron chi connectivity index (χ1n) is 10.6. The predicted octanol–water partition coefficient (Wildman–Crippen LogP) is 5.87. The second kappa shape index (κ2) is 6.43. The van der Waals surface area contributed by atoms with Crippen LogP contribution < -0.4 is 10.2 Å². The van der Waals surface area contributed by atoms with Crippen LogP contribution in [0.2, 0.25) is 0 Å². The Morgan fingerprint density at radius 3 is 2.47 bits per heavy atom. The van der Waals surface area contributed by atoms with Crippen molar-refractivity contribution in [3.05, 3.63) is 78.0 Å². The fourth-order valence-corrected chi connectivity index (χ4v) is 5.01. The van der Waals surface area contributed by atoms with Crippen LogP contribution in [0.1, 0.15) is 31.9 Å². The monoisotopic (exact) mass is 396 g/mol. The molecule has 0 saturated heterocycles. The molecule has 4 nitrogen and oxygen atoms in total. The molecule has 2 aliphatic rings. The quantitative estimate of drug-likeness (QED) is 0.523. The van der Waals surface area contributed by atoms with E-state index in [1.54, 1.807) is 0 Å². The SMILES string of the molecule is Cc1ccccc1-c1ncc2c(n1)Nc1ccccc1C1(C)C=CC1(C)C(C)N2C. The van der Waals surface area contributed by atoms with E-state index >= 15 is 0 Å². The lowest BCUT2D eigenvalue weighted by Gasteiger charge is -2.55. The minimum absolute atomic E-state index is 0.00413. The van der Waals surface area contributed by atoms with Gasteiger partial charge in [-0.25, -0.2) is 9.97 Å².